The summed E-state index contributed by atoms with van der Waals surface area (Å²) in [7, 11) is 1.63. The van der Waals surface area contributed by atoms with Crippen molar-refractivity contribution in [1.82, 2.24) is 4.98 Å². The lowest BCUT2D eigenvalue weighted by molar-refractivity contribution is 0.101. The third kappa shape index (κ3) is 1.50. The Morgan fingerprint density at radius 3 is 2.73 bits per heavy atom. The van der Waals surface area contributed by atoms with Gasteiger partial charge in [-0.25, -0.2) is 0 Å². The van der Waals surface area contributed by atoms with Crippen molar-refractivity contribution in [2.24, 2.45) is 0 Å². The molecule has 0 unspecified atom stereocenters. The molecular weight excluding hydrogens is 190 g/mol. The first kappa shape index (κ1) is 9.77. The molecule has 0 amide bonds. The molecule has 15 heavy (non-hydrogen) atoms. The highest BCUT2D eigenvalue weighted by Gasteiger charge is 2.12. The topological polar surface area (TPSA) is 42.1 Å². The van der Waals surface area contributed by atoms with Gasteiger partial charge in [-0.3, -0.25) is 4.79 Å². The van der Waals surface area contributed by atoms with E-state index in [-0.39, 0.29) is 5.78 Å². The first-order valence-electron chi connectivity index (χ1n) is 4.80. The van der Waals surface area contributed by atoms with Crippen LogP contribution in [0.15, 0.2) is 18.2 Å². The van der Waals surface area contributed by atoms with Crippen LogP contribution in [0.2, 0.25) is 0 Å². The molecule has 0 bridgehead atoms. The SMILES string of the molecule is COc1ccc2c(C(C)=O)c(C)[nH]c2c1. The first-order valence-corrected chi connectivity index (χ1v) is 4.80. The smallest absolute Gasteiger partial charge is 0.162 e. The summed E-state index contributed by atoms with van der Waals surface area (Å²) in [5, 5.41) is 0.959. The molecule has 2 rings (SSSR count). The molecule has 0 saturated carbocycles. The maximum absolute atomic E-state index is 11.4. The molecule has 1 heterocycles. The highest BCUT2D eigenvalue weighted by molar-refractivity contribution is 6.08. The van der Waals surface area contributed by atoms with E-state index in [4.69, 9.17) is 4.74 Å². The molecule has 2 aromatic rings. The Labute approximate surface area is 88.1 Å². The van der Waals surface area contributed by atoms with Gasteiger partial charge in [0.05, 0.1) is 12.6 Å². The quantitative estimate of drug-likeness (QED) is 0.762. The fourth-order valence-electron chi connectivity index (χ4n) is 1.89. The Kier molecular flexibility index (Phi) is 2.23. The van der Waals surface area contributed by atoms with E-state index in [2.05, 4.69) is 4.98 Å². The van der Waals surface area contributed by atoms with Crippen LogP contribution in [0.4, 0.5) is 0 Å². The van der Waals surface area contributed by atoms with Gasteiger partial charge in [0.2, 0.25) is 0 Å². The standard InChI is InChI=1S/C12H13NO2/c1-7-12(8(2)14)10-5-4-9(15-3)6-11(10)13-7/h4-6,13H,1-3H3. The molecule has 0 fully saturated rings. The van der Waals surface area contributed by atoms with Crippen LogP contribution in [-0.4, -0.2) is 17.9 Å². The Bertz CT molecular complexity index is 526. The number of benzene rings is 1. The number of methoxy groups -OCH3 is 1. The van der Waals surface area contributed by atoms with Gasteiger partial charge in [0.15, 0.2) is 5.78 Å². The Balaban J connectivity index is 2.74. The molecule has 3 nitrogen and oxygen atoms in total. The monoisotopic (exact) mass is 203 g/mol. The van der Waals surface area contributed by atoms with Crippen molar-refractivity contribution in [2.45, 2.75) is 13.8 Å². The predicted molar refractivity (Wildman–Crippen MR) is 59.6 cm³/mol. The molecular formula is C12H13NO2. The summed E-state index contributed by atoms with van der Waals surface area (Å²) < 4.78 is 5.13. The molecule has 78 valence electrons. The number of aromatic nitrogens is 1. The Hall–Kier alpha value is -1.77. The molecule has 0 atom stereocenters. The minimum atomic E-state index is 0.0870. The van der Waals surface area contributed by atoms with Crippen LogP contribution in [-0.2, 0) is 0 Å². The summed E-state index contributed by atoms with van der Waals surface area (Å²) in [6.07, 6.45) is 0. The molecule has 3 heteroatoms. The maximum Gasteiger partial charge on any atom is 0.162 e. The van der Waals surface area contributed by atoms with Crippen molar-refractivity contribution < 1.29 is 9.53 Å². The van der Waals surface area contributed by atoms with Gasteiger partial charge in [0.1, 0.15) is 5.75 Å². The summed E-state index contributed by atoms with van der Waals surface area (Å²) >= 11 is 0. The van der Waals surface area contributed by atoms with E-state index in [1.165, 1.54) is 0 Å². The van der Waals surface area contributed by atoms with Crippen molar-refractivity contribution in [2.75, 3.05) is 7.11 Å². The fraction of sp³-hybridized carbons (Fsp3) is 0.250. The predicted octanol–water partition coefficient (Wildman–Crippen LogP) is 2.69. The first-order chi connectivity index (χ1) is 7.13. The van der Waals surface area contributed by atoms with Gasteiger partial charge in [0, 0.05) is 22.7 Å². The second-order valence-electron chi connectivity index (χ2n) is 3.59. The highest BCUT2D eigenvalue weighted by Crippen LogP contribution is 2.26. The third-order valence-electron chi connectivity index (χ3n) is 2.55. The van der Waals surface area contributed by atoms with Crippen molar-refractivity contribution in [1.29, 1.82) is 0 Å². The summed E-state index contributed by atoms with van der Waals surface area (Å²) in [6, 6.07) is 5.67. The van der Waals surface area contributed by atoms with E-state index < -0.39 is 0 Å². The van der Waals surface area contributed by atoms with Crippen LogP contribution in [0.3, 0.4) is 0 Å². The number of hydrogen-bond acceptors (Lipinski definition) is 2. The van der Waals surface area contributed by atoms with Crippen molar-refractivity contribution in [3.63, 3.8) is 0 Å². The summed E-state index contributed by atoms with van der Waals surface area (Å²) in [6.45, 7) is 3.49. The second kappa shape index (κ2) is 3.42. The minimum Gasteiger partial charge on any atom is -0.497 e. The van der Waals surface area contributed by atoms with E-state index in [0.717, 1.165) is 27.9 Å². The van der Waals surface area contributed by atoms with E-state index in [9.17, 15) is 4.79 Å². The normalized spacial score (nSPS) is 10.6. The molecule has 0 aliphatic heterocycles. The number of aromatic amines is 1. The van der Waals surface area contributed by atoms with Crippen LogP contribution >= 0.6 is 0 Å². The lowest BCUT2D eigenvalue weighted by Gasteiger charge is -1.99. The van der Waals surface area contributed by atoms with Gasteiger partial charge in [-0.15, -0.1) is 0 Å². The van der Waals surface area contributed by atoms with Gasteiger partial charge >= 0.3 is 0 Å². The van der Waals surface area contributed by atoms with Crippen molar-refractivity contribution in [3.8, 4) is 5.75 Å². The van der Waals surface area contributed by atoms with Crippen molar-refractivity contribution in [3.05, 3.63) is 29.5 Å². The summed E-state index contributed by atoms with van der Waals surface area (Å²) in [5.41, 5.74) is 2.62. The van der Waals surface area contributed by atoms with Gasteiger partial charge in [0.25, 0.3) is 0 Å². The third-order valence-corrected chi connectivity index (χ3v) is 2.55. The molecule has 1 N–H and O–H groups in total. The van der Waals surface area contributed by atoms with E-state index in [0.29, 0.717) is 0 Å². The van der Waals surface area contributed by atoms with Gasteiger partial charge in [-0.2, -0.15) is 0 Å². The van der Waals surface area contributed by atoms with Crippen LogP contribution in [0.5, 0.6) is 5.75 Å². The van der Waals surface area contributed by atoms with E-state index in [1.807, 2.05) is 25.1 Å². The van der Waals surface area contributed by atoms with Crippen LogP contribution in [0, 0.1) is 6.92 Å². The maximum atomic E-state index is 11.4. The number of fused-ring (bicyclic) bond motifs is 1. The number of carbonyl (C=O) groups excluding carboxylic acids is 1. The molecule has 0 radical (unpaired) electrons. The lowest BCUT2D eigenvalue weighted by Crippen LogP contribution is -1.92. The van der Waals surface area contributed by atoms with Crippen molar-refractivity contribution >= 4 is 16.7 Å². The zero-order valence-electron chi connectivity index (χ0n) is 9.05. The number of nitrogens with one attached hydrogen (secondary N) is 1. The number of rotatable bonds is 2. The molecule has 0 spiro atoms. The molecule has 0 saturated heterocycles. The fourth-order valence-corrected chi connectivity index (χ4v) is 1.89. The van der Waals surface area contributed by atoms with E-state index in [1.54, 1.807) is 14.0 Å². The van der Waals surface area contributed by atoms with Gasteiger partial charge < -0.3 is 9.72 Å². The van der Waals surface area contributed by atoms with Crippen LogP contribution < -0.4 is 4.74 Å². The molecule has 1 aromatic carbocycles. The minimum absolute atomic E-state index is 0.0870. The average molecular weight is 203 g/mol. The zero-order valence-corrected chi connectivity index (χ0v) is 9.05. The number of ketones is 1. The Morgan fingerprint density at radius 2 is 2.13 bits per heavy atom. The number of H-pyrrole nitrogens is 1. The number of Topliss-reactive ketones (excluding diaryl/α,β-unsaturated/α-hetero) is 1. The van der Waals surface area contributed by atoms with Crippen LogP contribution in [0.1, 0.15) is 23.0 Å². The largest absolute Gasteiger partial charge is 0.497 e. The van der Waals surface area contributed by atoms with Gasteiger partial charge in [-0.1, -0.05) is 0 Å². The van der Waals surface area contributed by atoms with Gasteiger partial charge in [-0.05, 0) is 26.0 Å². The Morgan fingerprint density at radius 1 is 1.40 bits per heavy atom. The number of carbonyl (C=O) groups is 1. The average Bonchev–Trinajstić information content (AvgIpc) is 2.52. The molecule has 1 aromatic heterocycles. The number of ether oxygens (including phenoxy) is 1. The zero-order chi connectivity index (χ0) is 11.0. The summed E-state index contributed by atoms with van der Waals surface area (Å²) in [4.78, 5) is 14.6. The number of hydrogen-bond donors (Lipinski definition) is 1. The van der Waals surface area contributed by atoms with E-state index >= 15 is 0 Å². The summed E-state index contributed by atoms with van der Waals surface area (Å²) in [5.74, 6) is 0.878. The molecule has 0 aliphatic carbocycles. The number of aryl methyl sites for hydroxylation is 1. The molecule has 0 aliphatic rings. The lowest BCUT2D eigenvalue weighted by atomic mass is 10.1. The van der Waals surface area contributed by atoms with Crippen LogP contribution in [0.25, 0.3) is 10.9 Å². The second-order valence-corrected chi connectivity index (χ2v) is 3.59. The highest BCUT2D eigenvalue weighted by atomic mass is 16.5.